The zero-order valence-corrected chi connectivity index (χ0v) is 9.55. The third kappa shape index (κ3) is 2.15. The first-order chi connectivity index (χ1) is 7.20. The van der Waals surface area contributed by atoms with Crippen LogP contribution in [0.5, 0.6) is 0 Å². The number of carbonyl (C=O) groups is 1. The summed E-state index contributed by atoms with van der Waals surface area (Å²) in [4.78, 5) is 11.6. The van der Waals surface area contributed by atoms with E-state index in [1.807, 2.05) is 17.7 Å². The smallest absolute Gasteiger partial charge is 0.164 e. The molecule has 0 spiro atoms. The monoisotopic (exact) mass is 223 g/mol. The second-order valence-electron chi connectivity index (χ2n) is 4.10. The van der Waals surface area contributed by atoms with E-state index in [9.17, 15) is 4.79 Å². The number of fused-ring (bicyclic) bond motifs is 1. The Balaban J connectivity index is 2.25. The molecule has 15 heavy (non-hydrogen) atoms. The quantitative estimate of drug-likeness (QED) is 0.755. The van der Waals surface area contributed by atoms with Crippen molar-refractivity contribution in [1.82, 2.24) is 4.57 Å². The molecule has 1 aliphatic carbocycles. The van der Waals surface area contributed by atoms with Crippen molar-refractivity contribution >= 4 is 17.4 Å². The molecule has 0 aromatic carbocycles. The number of rotatable bonds is 2. The van der Waals surface area contributed by atoms with E-state index in [1.54, 1.807) is 5.54 Å². The van der Waals surface area contributed by atoms with Crippen LogP contribution < -0.4 is 0 Å². The largest absolute Gasteiger partial charge is 0.349 e. The second-order valence-corrected chi connectivity index (χ2v) is 4.32. The summed E-state index contributed by atoms with van der Waals surface area (Å²) in [5, 5.41) is 0. The van der Waals surface area contributed by atoms with Crippen LogP contribution in [0.25, 0.3) is 0 Å². The van der Waals surface area contributed by atoms with Gasteiger partial charge in [-0.2, -0.15) is 0 Å². The van der Waals surface area contributed by atoms with Crippen LogP contribution in [-0.2, 0) is 13.0 Å². The summed E-state index contributed by atoms with van der Waals surface area (Å²) in [6.07, 6.45) is 6.72. The summed E-state index contributed by atoms with van der Waals surface area (Å²) < 4.78 is 2.04. The number of hydrogen-bond acceptors (Lipinski definition) is 1. The molecule has 80 valence electrons. The minimum atomic E-state index is 0.280. The molecule has 0 N–H and O–H groups in total. The van der Waals surface area contributed by atoms with Gasteiger partial charge in [0, 0.05) is 36.5 Å². The zero-order chi connectivity index (χ0) is 10.8. The molecule has 2 nitrogen and oxygen atoms in total. The Kier molecular flexibility index (Phi) is 2.96. The number of nitrogens with zero attached hydrogens (tertiary/aromatic N) is 1. The molecule has 0 saturated carbocycles. The average Bonchev–Trinajstić information content (AvgIpc) is 2.62. The lowest BCUT2D eigenvalue weighted by atomic mass is 9.95. The van der Waals surface area contributed by atoms with E-state index in [4.69, 9.17) is 11.6 Å². The summed E-state index contributed by atoms with van der Waals surface area (Å²) in [6, 6.07) is 0. The predicted molar refractivity (Wildman–Crippen MR) is 61.3 cm³/mol. The molecule has 1 aliphatic rings. The van der Waals surface area contributed by atoms with Gasteiger partial charge in [-0.25, -0.2) is 0 Å². The van der Waals surface area contributed by atoms with Crippen molar-refractivity contribution in [3.8, 4) is 0 Å². The van der Waals surface area contributed by atoms with Gasteiger partial charge < -0.3 is 4.57 Å². The van der Waals surface area contributed by atoms with Crippen molar-refractivity contribution < 1.29 is 4.79 Å². The van der Waals surface area contributed by atoms with E-state index in [2.05, 4.69) is 6.20 Å². The minimum absolute atomic E-state index is 0.280. The van der Waals surface area contributed by atoms with E-state index >= 15 is 0 Å². The molecule has 0 saturated heterocycles. The molecular weight excluding hydrogens is 210 g/mol. The summed E-state index contributed by atoms with van der Waals surface area (Å²) in [7, 11) is 0. The number of halogens is 1. The second kappa shape index (κ2) is 4.23. The van der Waals surface area contributed by atoms with Crippen molar-refractivity contribution in [2.75, 3.05) is 0 Å². The first kappa shape index (κ1) is 10.5. The number of aryl methyl sites for hydroxylation is 1. The van der Waals surface area contributed by atoms with Crippen LogP contribution >= 0.6 is 11.6 Å². The van der Waals surface area contributed by atoms with Crippen molar-refractivity contribution in [3.63, 3.8) is 0 Å². The Morgan fingerprint density at radius 3 is 3.00 bits per heavy atom. The van der Waals surface area contributed by atoms with Gasteiger partial charge in [-0.1, -0.05) is 11.6 Å². The van der Waals surface area contributed by atoms with Gasteiger partial charge in [0.15, 0.2) is 5.78 Å². The van der Waals surface area contributed by atoms with Gasteiger partial charge in [-0.15, -0.1) is 0 Å². The maximum absolute atomic E-state index is 11.6. The molecule has 3 heteroatoms. The van der Waals surface area contributed by atoms with Crippen molar-refractivity contribution in [3.05, 3.63) is 34.6 Å². The van der Waals surface area contributed by atoms with Gasteiger partial charge in [0.05, 0.1) is 0 Å². The van der Waals surface area contributed by atoms with Crippen LogP contribution in [-0.4, -0.2) is 10.4 Å². The highest BCUT2D eigenvalue weighted by Crippen LogP contribution is 2.22. The number of Topliss-reactive ketones (excluding diaryl/α,β-unsaturated/α-hetero) is 1. The maximum atomic E-state index is 11.6. The van der Waals surface area contributed by atoms with Crippen molar-refractivity contribution in [1.29, 1.82) is 0 Å². The highest BCUT2D eigenvalue weighted by atomic mass is 35.5. The van der Waals surface area contributed by atoms with E-state index in [-0.39, 0.29) is 5.78 Å². The van der Waals surface area contributed by atoms with E-state index in [0.29, 0.717) is 6.42 Å². The first-order valence-electron chi connectivity index (χ1n) is 5.18. The maximum Gasteiger partial charge on any atom is 0.164 e. The van der Waals surface area contributed by atoms with Crippen LogP contribution in [0, 0.1) is 0 Å². The van der Waals surface area contributed by atoms with Gasteiger partial charge in [0.1, 0.15) is 0 Å². The molecule has 1 aromatic rings. The lowest BCUT2D eigenvalue weighted by Gasteiger charge is -2.07. The van der Waals surface area contributed by atoms with E-state index in [1.165, 1.54) is 5.56 Å². The van der Waals surface area contributed by atoms with Gasteiger partial charge in [-0.05, 0) is 30.9 Å². The van der Waals surface area contributed by atoms with Crippen LogP contribution in [0.15, 0.2) is 23.5 Å². The summed E-state index contributed by atoms with van der Waals surface area (Å²) in [6.45, 7) is 2.75. The minimum Gasteiger partial charge on any atom is -0.349 e. The molecule has 1 aromatic heterocycles. The molecule has 0 unspecified atom stereocenters. The SMILES string of the molecule is C/C(=C/Cl)Cn1cc2c(c1)C(=O)CCC2. The molecule has 0 bridgehead atoms. The highest BCUT2D eigenvalue weighted by Gasteiger charge is 2.18. The topological polar surface area (TPSA) is 22.0 Å². The van der Waals surface area contributed by atoms with Crippen LogP contribution in [0.3, 0.4) is 0 Å². The van der Waals surface area contributed by atoms with E-state index < -0.39 is 0 Å². The van der Waals surface area contributed by atoms with Crippen molar-refractivity contribution in [2.24, 2.45) is 0 Å². The lowest BCUT2D eigenvalue weighted by molar-refractivity contribution is 0.0973. The average molecular weight is 224 g/mol. The normalized spacial score (nSPS) is 16.7. The Labute approximate surface area is 94.5 Å². The third-order valence-corrected chi connectivity index (χ3v) is 3.10. The summed E-state index contributed by atoms with van der Waals surface area (Å²) in [5.74, 6) is 0.280. The number of aromatic nitrogens is 1. The number of ketones is 1. The van der Waals surface area contributed by atoms with Gasteiger partial charge >= 0.3 is 0 Å². The molecular formula is C12H14ClNO. The number of hydrogen-bond donors (Lipinski definition) is 0. The first-order valence-corrected chi connectivity index (χ1v) is 5.62. The van der Waals surface area contributed by atoms with Gasteiger partial charge in [0.2, 0.25) is 0 Å². The fraction of sp³-hybridized carbons (Fsp3) is 0.417. The molecule has 0 radical (unpaired) electrons. The Morgan fingerprint density at radius 2 is 2.33 bits per heavy atom. The predicted octanol–water partition coefficient (Wildman–Crippen LogP) is 3.15. The Bertz CT molecular complexity index is 417. The standard InChI is InChI=1S/C12H14ClNO/c1-9(5-13)6-14-7-10-3-2-4-12(15)11(10)8-14/h5,7-8H,2-4,6H2,1H3/b9-5-. The molecule has 0 aliphatic heterocycles. The van der Waals surface area contributed by atoms with Gasteiger partial charge in [0.25, 0.3) is 0 Å². The fourth-order valence-electron chi connectivity index (χ4n) is 1.99. The van der Waals surface area contributed by atoms with Crippen LogP contribution in [0.1, 0.15) is 35.7 Å². The van der Waals surface area contributed by atoms with Crippen LogP contribution in [0.2, 0.25) is 0 Å². The molecule has 0 atom stereocenters. The van der Waals surface area contributed by atoms with Crippen LogP contribution in [0.4, 0.5) is 0 Å². The van der Waals surface area contributed by atoms with Gasteiger partial charge in [-0.3, -0.25) is 4.79 Å². The Hall–Kier alpha value is -1.02. The molecule has 2 rings (SSSR count). The lowest BCUT2D eigenvalue weighted by Crippen LogP contribution is -2.07. The van der Waals surface area contributed by atoms with E-state index in [0.717, 1.165) is 30.5 Å². The van der Waals surface area contributed by atoms with Crippen molar-refractivity contribution in [2.45, 2.75) is 32.7 Å². The zero-order valence-electron chi connectivity index (χ0n) is 8.79. The molecule has 0 fully saturated rings. The summed E-state index contributed by atoms with van der Waals surface area (Å²) in [5.41, 5.74) is 4.77. The third-order valence-electron chi connectivity index (χ3n) is 2.73. The Morgan fingerprint density at radius 1 is 1.53 bits per heavy atom. The number of carbonyl (C=O) groups excluding carboxylic acids is 1. The fourth-order valence-corrected chi connectivity index (χ4v) is 2.06. The highest BCUT2D eigenvalue weighted by molar-refractivity contribution is 6.25. The molecule has 0 amide bonds. The number of allylic oxidation sites excluding steroid dienone is 1. The molecule has 1 heterocycles. The summed E-state index contributed by atoms with van der Waals surface area (Å²) >= 11 is 5.61.